The highest BCUT2D eigenvalue weighted by Crippen LogP contribution is 2.43. The van der Waals surface area contributed by atoms with Crippen LogP contribution in [0.5, 0.6) is 11.5 Å². The molecular formula is C24H19N3O6. The Morgan fingerprint density at radius 2 is 1.85 bits per heavy atom. The molecule has 33 heavy (non-hydrogen) atoms. The molecule has 2 unspecified atom stereocenters. The van der Waals surface area contributed by atoms with Crippen molar-refractivity contribution in [2.45, 2.75) is 5.92 Å². The molecule has 1 saturated heterocycles. The maximum atomic E-state index is 12.9. The van der Waals surface area contributed by atoms with Crippen molar-refractivity contribution in [2.24, 2.45) is 5.92 Å². The van der Waals surface area contributed by atoms with Crippen LogP contribution >= 0.6 is 0 Å². The van der Waals surface area contributed by atoms with Gasteiger partial charge in [0.05, 0.1) is 30.2 Å². The SMILES string of the molecule is N#CC1C(=N)Oc2c(c(=O)oc3ccccc23)C1c1ccc(OC(=O)N2CCOCC2)cc1. The molecule has 1 aromatic heterocycles. The summed E-state index contributed by atoms with van der Waals surface area (Å²) in [7, 11) is 0. The number of morpholine rings is 1. The monoisotopic (exact) mass is 445 g/mol. The fourth-order valence-corrected chi connectivity index (χ4v) is 4.15. The average Bonchev–Trinajstić information content (AvgIpc) is 2.84. The maximum Gasteiger partial charge on any atom is 0.415 e. The molecule has 3 heterocycles. The summed E-state index contributed by atoms with van der Waals surface area (Å²) < 4.78 is 21.8. The predicted molar refractivity (Wildman–Crippen MR) is 117 cm³/mol. The number of nitriles is 1. The Morgan fingerprint density at radius 3 is 2.58 bits per heavy atom. The molecule has 2 aliphatic heterocycles. The minimum Gasteiger partial charge on any atom is -0.441 e. The van der Waals surface area contributed by atoms with E-state index < -0.39 is 23.6 Å². The van der Waals surface area contributed by atoms with E-state index in [1.807, 2.05) is 0 Å². The van der Waals surface area contributed by atoms with Gasteiger partial charge in [0, 0.05) is 19.0 Å². The van der Waals surface area contributed by atoms with E-state index in [2.05, 4.69) is 6.07 Å². The quantitative estimate of drug-likeness (QED) is 0.600. The fraction of sp³-hybridized carbons (Fsp3) is 0.250. The van der Waals surface area contributed by atoms with Gasteiger partial charge in [-0.2, -0.15) is 5.26 Å². The minimum atomic E-state index is -1.01. The number of hydrogen-bond acceptors (Lipinski definition) is 8. The van der Waals surface area contributed by atoms with E-state index >= 15 is 0 Å². The number of fused-ring (bicyclic) bond motifs is 3. The molecule has 2 aromatic carbocycles. The molecule has 1 fully saturated rings. The molecule has 1 N–H and O–H groups in total. The van der Waals surface area contributed by atoms with E-state index in [1.54, 1.807) is 53.4 Å². The number of nitrogens with zero attached hydrogens (tertiary/aromatic N) is 2. The zero-order valence-corrected chi connectivity index (χ0v) is 17.4. The Kier molecular flexibility index (Phi) is 5.28. The molecule has 0 radical (unpaired) electrons. The van der Waals surface area contributed by atoms with Crippen LogP contribution in [0.15, 0.2) is 57.7 Å². The highest BCUT2D eigenvalue weighted by atomic mass is 16.6. The van der Waals surface area contributed by atoms with Crippen LogP contribution in [0, 0.1) is 22.7 Å². The summed E-state index contributed by atoms with van der Waals surface area (Å²) in [4.78, 5) is 26.8. The van der Waals surface area contributed by atoms with Crippen molar-refractivity contribution >= 4 is 23.0 Å². The van der Waals surface area contributed by atoms with Gasteiger partial charge in [0.1, 0.15) is 17.3 Å². The van der Waals surface area contributed by atoms with Crippen molar-refractivity contribution in [1.29, 1.82) is 10.7 Å². The molecule has 2 aliphatic rings. The summed E-state index contributed by atoms with van der Waals surface area (Å²) in [5, 5.41) is 18.6. The first-order chi connectivity index (χ1) is 16.1. The first-order valence-electron chi connectivity index (χ1n) is 10.4. The van der Waals surface area contributed by atoms with Gasteiger partial charge in [-0.3, -0.25) is 5.41 Å². The van der Waals surface area contributed by atoms with Crippen molar-refractivity contribution in [3.63, 3.8) is 0 Å². The molecule has 0 spiro atoms. The van der Waals surface area contributed by atoms with E-state index in [4.69, 9.17) is 24.0 Å². The highest BCUT2D eigenvalue weighted by molar-refractivity contribution is 5.93. The molecule has 0 aliphatic carbocycles. The molecule has 0 bridgehead atoms. The van der Waals surface area contributed by atoms with Gasteiger partial charge in [0.25, 0.3) is 0 Å². The lowest BCUT2D eigenvalue weighted by Gasteiger charge is -2.29. The first kappa shape index (κ1) is 20.7. The summed E-state index contributed by atoms with van der Waals surface area (Å²) in [6.45, 7) is 1.86. The number of amides is 1. The van der Waals surface area contributed by atoms with Gasteiger partial charge in [-0.1, -0.05) is 24.3 Å². The molecule has 9 heteroatoms. The molecule has 166 valence electrons. The van der Waals surface area contributed by atoms with Crippen LogP contribution in [0.25, 0.3) is 11.0 Å². The minimum absolute atomic E-state index is 0.189. The number of benzene rings is 2. The number of hydrogen-bond donors (Lipinski definition) is 1. The van der Waals surface area contributed by atoms with Crippen molar-refractivity contribution < 1.29 is 23.4 Å². The van der Waals surface area contributed by atoms with E-state index in [9.17, 15) is 14.9 Å². The lowest BCUT2D eigenvalue weighted by Crippen LogP contribution is -2.42. The van der Waals surface area contributed by atoms with Crippen LogP contribution < -0.4 is 15.1 Å². The molecular weight excluding hydrogens is 426 g/mol. The second-order valence-corrected chi connectivity index (χ2v) is 7.72. The third-order valence-electron chi connectivity index (χ3n) is 5.79. The van der Waals surface area contributed by atoms with Gasteiger partial charge in [0.15, 0.2) is 5.75 Å². The Labute approximate surface area is 188 Å². The van der Waals surface area contributed by atoms with E-state index in [0.717, 1.165) is 0 Å². The highest BCUT2D eigenvalue weighted by Gasteiger charge is 2.40. The first-order valence-corrected chi connectivity index (χ1v) is 10.4. The smallest absolute Gasteiger partial charge is 0.415 e. The molecule has 9 nitrogen and oxygen atoms in total. The summed E-state index contributed by atoms with van der Waals surface area (Å²) in [6.07, 6.45) is -0.466. The topological polar surface area (TPSA) is 126 Å². The van der Waals surface area contributed by atoms with Crippen LogP contribution in [-0.2, 0) is 4.74 Å². The van der Waals surface area contributed by atoms with E-state index in [1.165, 1.54) is 0 Å². The van der Waals surface area contributed by atoms with Crippen molar-refractivity contribution in [1.82, 2.24) is 4.90 Å². The summed E-state index contributed by atoms with van der Waals surface area (Å²) in [5.74, 6) is -1.46. The van der Waals surface area contributed by atoms with Gasteiger partial charge in [-0.15, -0.1) is 0 Å². The Bertz CT molecular complexity index is 1340. The molecule has 0 saturated carbocycles. The van der Waals surface area contributed by atoms with Crippen molar-refractivity contribution in [2.75, 3.05) is 26.3 Å². The van der Waals surface area contributed by atoms with Gasteiger partial charge in [-0.05, 0) is 29.8 Å². The van der Waals surface area contributed by atoms with Gasteiger partial charge in [-0.25, -0.2) is 9.59 Å². The maximum absolute atomic E-state index is 12.9. The van der Waals surface area contributed by atoms with Crippen LogP contribution in [0.4, 0.5) is 4.79 Å². The Balaban J connectivity index is 1.51. The summed E-state index contributed by atoms with van der Waals surface area (Å²) >= 11 is 0. The van der Waals surface area contributed by atoms with Crippen molar-refractivity contribution in [3.8, 4) is 17.6 Å². The van der Waals surface area contributed by atoms with Crippen LogP contribution in [0.2, 0.25) is 0 Å². The third kappa shape index (κ3) is 3.70. The normalized spacial score (nSPS) is 20.0. The molecule has 1 amide bonds. The second kappa shape index (κ2) is 8.41. The van der Waals surface area contributed by atoms with Crippen LogP contribution in [0.3, 0.4) is 0 Å². The zero-order chi connectivity index (χ0) is 22.9. The van der Waals surface area contributed by atoms with E-state index in [0.29, 0.717) is 48.6 Å². The number of carbonyl (C=O) groups excluding carboxylic acids is 1. The third-order valence-corrected chi connectivity index (χ3v) is 5.79. The Hall–Kier alpha value is -4.16. The van der Waals surface area contributed by atoms with E-state index in [-0.39, 0.29) is 17.2 Å². The predicted octanol–water partition coefficient (Wildman–Crippen LogP) is 3.27. The van der Waals surface area contributed by atoms with Crippen LogP contribution in [-0.4, -0.2) is 43.2 Å². The van der Waals surface area contributed by atoms with Crippen LogP contribution in [0.1, 0.15) is 17.0 Å². The molecule has 3 aromatic rings. The average molecular weight is 445 g/mol. The summed E-state index contributed by atoms with van der Waals surface area (Å²) in [6, 6.07) is 15.5. The van der Waals surface area contributed by atoms with Gasteiger partial charge in [0.2, 0.25) is 5.90 Å². The standard InChI is InChI=1S/C24H19N3O6/c25-13-17-19(14-5-7-15(8-6-14)31-24(29)27-9-11-30-12-10-27)20-21(33-22(17)26)16-3-1-2-4-18(16)32-23(20)28/h1-8,17,19,26H,9-12H2. The number of rotatable bonds is 2. The number of carbonyl (C=O) groups is 1. The molecule has 5 rings (SSSR count). The summed E-state index contributed by atoms with van der Waals surface area (Å²) in [5.41, 5.74) is 0.511. The van der Waals surface area contributed by atoms with Gasteiger partial charge >= 0.3 is 11.7 Å². The molecule has 2 atom stereocenters. The largest absolute Gasteiger partial charge is 0.441 e. The zero-order valence-electron chi connectivity index (χ0n) is 17.4. The number of ether oxygens (including phenoxy) is 3. The van der Waals surface area contributed by atoms with Crippen molar-refractivity contribution in [3.05, 3.63) is 70.1 Å². The lowest BCUT2D eigenvalue weighted by atomic mass is 9.79. The number of nitrogens with one attached hydrogen (secondary N) is 1. The van der Waals surface area contributed by atoms with Gasteiger partial charge < -0.3 is 23.5 Å². The Morgan fingerprint density at radius 1 is 1.12 bits per heavy atom. The lowest BCUT2D eigenvalue weighted by molar-refractivity contribution is 0.0416. The fourth-order valence-electron chi connectivity index (χ4n) is 4.15. The number of para-hydroxylation sites is 1. The second-order valence-electron chi connectivity index (χ2n) is 7.72.